The van der Waals surface area contributed by atoms with Gasteiger partial charge in [-0.05, 0) is 43.3 Å². The van der Waals surface area contributed by atoms with E-state index in [1.807, 2.05) is 0 Å². The van der Waals surface area contributed by atoms with E-state index in [2.05, 4.69) is 0 Å². The van der Waals surface area contributed by atoms with Crippen molar-refractivity contribution in [3.63, 3.8) is 0 Å². The highest BCUT2D eigenvalue weighted by atomic mass is 35.5. The molecule has 2 unspecified atom stereocenters. The molecule has 0 saturated heterocycles. The smallest absolute Gasteiger partial charge is 0.188 e. The van der Waals surface area contributed by atoms with Gasteiger partial charge in [-0.2, -0.15) is 0 Å². The van der Waals surface area contributed by atoms with Crippen LogP contribution in [0.2, 0.25) is 5.02 Å². The summed E-state index contributed by atoms with van der Waals surface area (Å²) in [7, 11) is -2.72. The zero-order valence-electron chi connectivity index (χ0n) is 14.1. The fourth-order valence-corrected chi connectivity index (χ4v) is 5.45. The lowest BCUT2D eigenvalue weighted by atomic mass is 9.84. The van der Waals surface area contributed by atoms with Crippen molar-refractivity contribution in [1.29, 1.82) is 0 Å². The third kappa shape index (κ3) is 2.78. The summed E-state index contributed by atoms with van der Waals surface area (Å²) in [6, 6.07) is 7.39. The highest BCUT2D eigenvalue weighted by molar-refractivity contribution is 7.92. The van der Waals surface area contributed by atoms with Gasteiger partial charge in [-0.3, -0.25) is 0 Å². The van der Waals surface area contributed by atoms with Gasteiger partial charge in [0.15, 0.2) is 21.4 Å². The highest BCUT2D eigenvalue weighted by Gasteiger charge is 2.54. The van der Waals surface area contributed by atoms with E-state index < -0.39 is 32.1 Å². The number of sulfone groups is 1. The molecular weight excluding hydrogens is 386 g/mol. The van der Waals surface area contributed by atoms with Crippen molar-refractivity contribution in [2.24, 2.45) is 5.92 Å². The minimum Gasteiger partial charge on any atom is -0.490 e. The molecule has 0 amide bonds. The second-order valence-electron chi connectivity index (χ2n) is 6.26. The lowest BCUT2D eigenvalue weighted by molar-refractivity contribution is 0.0769. The van der Waals surface area contributed by atoms with Gasteiger partial charge in [-0.25, -0.2) is 17.2 Å². The molecule has 0 N–H and O–H groups in total. The maximum atomic E-state index is 14.7. The molecule has 0 fully saturated rings. The van der Waals surface area contributed by atoms with E-state index in [-0.39, 0.29) is 29.4 Å². The first-order chi connectivity index (χ1) is 12.2. The Morgan fingerprint density at radius 1 is 1.19 bits per heavy atom. The second kappa shape index (κ2) is 6.79. The topological polar surface area (TPSA) is 52.6 Å². The Bertz CT molecular complexity index is 931. The summed E-state index contributed by atoms with van der Waals surface area (Å²) in [5.41, 5.74) is -0.319. The molecule has 4 nitrogen and oxygen atoms in total. The number of rotatable bonds is 4. The molecule has 1 aliphatic rings. The van der Waals surface area contributed by atoms with E-state index in [4.69, 9.17) is 21.1 Å². The van der Waals surface area contributed by atoms with Crippen LogP contribution in [-0.2, 0) is 19.3 Å². The molecule has 3 rings (SSSR count). The number of fused-ring (bicyclic) bond motifs is 1. The Morgan fingerprint density at radius 2 is 1.81 bits per heavy atom. The van der Waals surface area contributed by atoms with Gasteiger partial charge < -0.3 is 9.47 Å². The maximum absolute atomic E-state index is 14.7. The average Bonchev–Trinajstić information content (AvgIpc) is 2.60. The van der Waals surface area contributed by atoms with Gasteiger partial charge >= 0.3 is 0 Å². The van der Waals surface area contributed by atoms with E-state index >= 15 is 0 Å². The normalized spacial score (nSPS) is 22.6. The first kappa shape index (κ1) is 19.1. The van der Waals surface area contributed by atoms with E-state index in [0.717, 1.165) is 12.1 Å². The van der Waals surface area contributed by atoms with Gasteiger partial charge in [-0.15, -0.1) is 0 Å². The summed E-state index contributed by atoms with van der Waals surface area (Å²) in [5, 5.41) is 0.368. The predicted octanol–water partition coefficient (Wildman–Crippen LogP) is 3.96. The molecular formula is C18H17ClF2O4S. The standard InChI is InChI=1S/C18H17ClF2O4S/c1-18(26(22,23)13-5-3-12(19)4-6-13)11(9-24-2)10-25-17-15(21)8-7-14(20)16(17)18/h3-8,11H,9-10H2,1-2H3. The Kier molecular flexibility index (Phi) is 4.98. The first-order valence-corrected chi connectivity index (χ1v) is 9.70. The van der Waals surface area contributed by atoms with E-state index in [9.17, 15) is 17.2 Å². The maximum Gasteiger partial charge on any atom is 0.188 e. The molecule has 0 radical (unpaired) electrons. The summed E-state index contributed by atoms with van der Waals surface area (Å²) in [4.78, 5) is -0.0398. The van der Waals surface area contributed by atoms with E-state index in [0.29, 0.717) is 5.02 Å². The lowest BCUT2D eigenvalue weighted by Gasteiger charge is -2.41. The molecule has 0 aromatic heterocycles. The number of hydrogen-bond donors (Lipinski definition) is 0. The van der Waals surface area contributed by atoms with Gasteiger partial charge in [0.1, 0.15) is 10.6 Å². The second-order valence-corrected chi connectivity index (χ2v) is 9.02. The van der Waals surface area contributed by atoms with Crippen LogP contribution in [0.5, 0.6) is 5.75 Å². The summed E-state index contributed by atoms with van der Waals surface area (Å²) in [5.74, 6) is -2.77. The van der Waals surface area contributed by atoms with Crippen LogP contribution >= 0.6 is 11.6 Å². The quantitative estimate of drug-likeness (QED) is 0.776. The summed E-state index contributed by atoms with van der Waals surface area (Å²) < 4.78 is 64.6. The zero-order chi connectivity index (χ0) is 19.1. The highest BCUT2D eigenvalue weighted by Crippen LogP contribution is 2.50. The molecule has 2 aromatic carbocycles. The van der Waals surface area contributed by atoms with Gasteiger partial charge in [0.25, 0.3) is 0 Å². The molecule has 8 heteroatoms. The molecule has 1 aliphatic heterocycles. The Labute approximate surface area is 155 Å². The van der Waals surface area contributed by atoms with Crippen LogP contribution in [0, 0.1) is 17.6 Å². The van der Waals surface area contributed by atoms with Crippen molar-refractivity contribution in [2.75, 3.05) is 20.3 Å². The number of hydrogen-bond acceptors (Lipinski definition) is 4. The van der Waals surface area contributed by atoms with Crippen LogP contribution in [0.25, 0.3) is 0 Å². The van der Waals surface area contributed by atoms with E-state index in [1.54, 1.807) is 0 Å². The van der Waals surface area contributed by atoms with Gasteiger partial charge in [0, 0.05) is 18.1 Å². The summed E-state index contributed by atoms with van der Waals surface area (Å²) in [6.45, 7) is 1.26. The molecule has 0 bridgehead atoms. The Morgan fingerprint density at radius 3 is 2.42 bits per heavy atom. The van der Waals surface area contributed by atoms with Crippen molar-refractivity contribution >= 4 is 21.4 Å². The minimum atomic E-state index is -4.13. The average molecular weight is 403 g/mol. The van der Waals surface area contributed by atoms with Crippen LogP contribution in [0.15, 0.2) is 41.3 Å². The molecule has 0 aliphatic carbocycles. The molecule has 0 saturated carbocycles. The monoisotopic (exact) mass is 402 g/mol. The molecule has 140 valence electrons. The minimum absolute atomic E-state index is 0.00128. The molecule has 26 heavy (non-hydrogen) atoms. The SMILES string of the molecule is COCC1COc2c(F)ccc(F)c2C1(C)S(=O)(=O)c1ccc(Cl)cc1. The van der Waals surface area contributed by atoms with Gasteiger partial charge in [0.2, 0.25) is 0 Å². The van der Waals surface area contributed by atoms with Crippen molar-refractivity contribution < 1.29 is 26.7 Å². The summed E-state index contributed by atoms with van der Waals surface area (Å²) in [6.07, 6.45) is 0. The fourth-order valence-electron chi connectivity index (χ4n) is 3.30. The Balaban J connectivity index is 2.30. The van der Waals surface area contributed by atoms with Crippen LogP contribution in [-0.4, -0.2) is 28.7 Å². The number of methoxy groups -OCH3 is 1. The number of ether oxygens (including phenoxy) is 2. The zero-order valence-corrected chi connectivity index (χ0v) is 15.7. The molecule has 2 aromatic rings. The third-order valence-corrected chi connectivity index (χ3v) is 7.61. The van der Waals surface area contributed by atoms with Crippen LogP contribution < -0.4 is 4.74 Å². The van der Waals surface area contributed by atoms with Crippen LogP contribution in [0.4, 0.5) is 8.78 Å². The molecule has 2 atom stereocenters. The summed E-state index contributed by atoms with van der Waals surface area (Å²) >= 11 is 5.84. The molecule has 1 heterocycles. The van der Waals surface area contributed by atoms with Crippen molar-refractivity contribution in [3.8, 4) is 5.75 Å². The number of halogens is 3. The fraction of sp³-hybridized carbons (Fsp3) is 0.333. The van der Waals surface area contributed by atoms with Crippen molar-refractivity contribution in [3.05, 3.63) is 58.6 Å². The number of benzene rings is 2. The third-order valence-electron chi connectivity index (χ3n) is 4.81. The van der Waals surface area contributed by atoms with Crippen LogP contribution in [0.3, 0.4) is 0 Å². The predicted molar refractivity (Wildman–Crippen MR) is 93.2 cm³/mol. The van der Waals surface area contributed by atoms with Gasteiger partial charge in [-0.1, -0.05) is 11.6 Å². The molecule has 0 spiro atoms. The first-order valence-electron chi connectivity index (χ1n) is 7.84. The van der Waals surface area contributed by atoms with E-state index in [1.165, 1.54) is 38.3 Å². The lowest BCUT2D eigenvalue weighted by Crippen LogP contribution is -2.48. The van der Waals surface area contributed by atoms with Crippen LogP contribution in [0.1, 0.15) is 12.5 Å². The Hall–Kier alpha value is -1.70. The van der Waals surface area contributed by atoms with Crippen molar-refractivity contribution in [1.82, 2.24) is 0 Å². The largest absolute Gasteiger partial charge is 0.490 e. The van der Waals surface area contributed by atoms with Gasteiger partial charge in [0.05, 0.1) is 23.7 Å². The van der Waals surface area contributed by atoms with Crippen molar-refractivity contribution in [2.45, 2.75) is 16.6 Å².